The van der Waals surface area contributed by atoms with E-state index in [4.69, 9.17) is 4.74 Å². The zero-order valence-corrected chi connectivity index (χ0v) is 20.7. The van der Waals surface area contributed by atoms with Crippen molar-refractivity contribution in [1.29, 1.82) is 0 Å². The summed E-state index contributed by atoms with van der Waals surface area (Å²) in [6.07, 6.45) is 2.93. The lowest BCUT2D eigenvalue weighted by molar-refractivity contribution is 0.546. The van der Waals surface area contributed by atoms with Crippen LogP contribution >= 0.6 is 0 Å². The minimum absolute atomic E-state index is 0.209. The molecule has 6 heteroatoms. The van der Waals surface area contributed by atoms with E-state index in [1.54, 1.807) is 20.0 Å². The summed E-state index contributed by atoms with van der Waals surface area (Å²) >= 11 is 0. The molecule has 170 valence electrons. The average Bonchev–Trinajstić information content (AvgIpc) is 2.71. The Kier molecular flexibility index (Phi) is 11.4. The van der Waals surface area contributed by atoms with Gasteiger partial charge in [-0.05, 0) is 75.6 Å². The number of halogens is 1. The topological polar surface area (TPSA) is 50.7 Å². The van der Waals surface area contributed by atoms with Crippen molar-refractivity contribution < 1.29 is 13.3 Å². The van der Waals surface area contributed by atoms with Crippen LogP contribution in [0.4, 0.5) is 4.39 Å². The van der Waals surface area contributed by atoms with Crippen molar-refractivity contribution in [3.8, 4) is 5.75 Å². The van der Waals surface area contributed by atoms with E-state index in [1.807, 2.05) is 52.0 Å². The van der Waals surface area contributed by atoms with Gasteiger partial charge in [0.05, 0.1) is 4.90 Å². The maximum absolute atomic E-state index is 13.7. The molecule has 0 aromatic heterocycles. The molecule has 0 fully saturated rings. The van der Waals surface area contributed by atoms with E-state index in [-0.39, 0.29) is 11.9 Å². The van der Waals surface area contributed by atoms with E-state index in [1.165, 1.54) is 18.6 Å². The molecule has 0 aliphatic rings. The molecule has 0 aliphatic heterocycles. The van der Waals surface area contributed by atoms with Crippen molar-refractivity contribution >= 4 is 16.9 Å². The monoisotopic (exact) mass is 446 g/mol. The van der Waals surface area contributed by atoms with Gasteiger partial charge in [0.25, 0.3) is 0 Å². The van der Waals surface area contributed by atoms with Gasteiger partial charge in [-0.25, -0.2) is 18.3 Å². The normalized spacial score (nSPS) is 13.8. The Morgan fingerprint density at radius 3 is 2.32 bits per heavy atom. The molecule has 0 radical (unpaired) electrons. The highest BCUT2D eigenvalue weighted by Crippen LogP contribution is 2.19. The molecule has 0 saturated carbocycles. The quantitative estimate of drug-likeness (QED) is 0.403. The lowest BCUT2D eigenvalue weighted by Crippen LogP contribution is -2.29. The summed E-state index contributed by atoms with van der Waals surface area (Å²) in [4.78, 5) is 4.78. The Hall–Kier alpha value is -2.31. The molecule has 1 N–H and O–H groups in total. The fourth-order valence-electron chi connectivity index (χ4n) is 2.40. The van der Waals surface area contributed by atoms with Gasteiger partial charge in [-0.1, -0.05) is 38.0 Å². The van der Waals surface area contributed by atoms with Gasteiger partial charge < -0.3 is 4.74 Å². The van der Waals surface area contributed by atoms with Crippen LogP contribution in [-0.2, 0) is 11.0 Å². The highest BCUT2D eigenvalue weighted by molar-refractivity contribution is 7.83. The van der Waals surface area contributed by atoms with Gasteiger partial charge in [0.1, 0.15) is 22.6 Å². The van der Waals surface area contributed by atoms with E-state index in [2.05, 4.69) is 23.6 Å². The summed E-state index contributed by atoms with van der Waals surface area (Å²) in [6.45, 7) is 15.5. The second-order valence-corrected chi connectivity index (χ2v) is 8.81. The molecular formula is C25H35FN2O2S. The van der Waals surface area contributed by atoms with Crippen LogP contribution in [0.25, 0.3) is 0 Å². The molecule has 2 aromatic rings. The van der Waals surface area contributed by atoms with Crippen molar-refractivity contribution in [1.82, 2.24) is 4.72 Å². The van der Waals surface area contributed by atoms with Crippen LogP contribution in [0.3, 0.4) is 0 Å². The van der Waals surface area contributed by atoms with Gasteiger partial charge in [-0.3, -0.25) is 0 Å². The summed E-state index contributed by atoms with van der Waals surface area (Å²) in [5.41, 5.74) is 3.64. The van der Waals surface area contributed by atoms with Gasteiger partial charge in [-0.2, -0.15) is 0 Å². The number of nitrogens with one attached hydrogen (secondary N) is 1. The minimum atomic E-state index is -1.52. The third-order valence-electron chi connectivity index (χ3n) is 4.49. The zero-order chi connectivity index (χ0) is 23.6. The molecule has 0 heterocycles. The van der Waals surface area contributed by atoms with Gasteiger partial charge in [-0.15, -0.1) is 0 Å². The maximum atomic E-state index is 13.7. The second-order valence-electron chi connectivity index (χ2n) is 7.60. The predicted molar refractivity (Wildman–Crippen MR) is 130 cm³/mol. The molecule has 2 unspecified atom stereocenters. The van der Waals surface area contributed by atoms with Crippen LogP contribution < -0.4 is 9.46 Å². The molecule has 2 aromatic carbocycles. The number of aliphatic imine (C=N–C) groups is 1. The van der Waals surface area contributed by atoms with E-state index in [9.17, 15) is 8.60 Å². The van der Waals surface area contributed by atoms with Crippen molar-refractivity contribution in [2.75, 3.05) is 0 Å². The number of hydrogen-bond acceptors (Lipinski definition) is 3. The zero-order valence-electron chi connectivity index (χ0n) is 19.9. The standard InChI is InChI=1S/C22H27FN2O2S.C3H8/c1-14-7-9-21(10-8-14)27-19(6)24-13-16(3)18(5)25-28(26)22-12-20(23)11-15(2)17(22)4;1-3-2/h7-13,18,25H,1-6H3;3H2,1-2H3/b16-13+,24-19?;. The third-order valence-corrected chi connectivity index (χ3v) is 5.88. The molecule has 0 saturated heterocycles. The van der Waals surface area contributed by atoms with Crippen molar-refractivity contribution in [2.24, 2.45) is 4.99 Å². The van der Waals surface area contributed by atoms with E-state index >= 15 is 0 Å². The van der Waals surface area contributed by atoms with Gasteiger partial charge in [0, 0.05) is 19.2 Å². The fourth-order valence-corrected chi connectivity index (χ4v) is 3.69. The summed E-state index contributed by atoms with van der Waals surface area (Å²) in [7, 11) is -1.52. The lowest BCUT2D eigenvalue weighted by Gasteiger charge is -2.15. The maximum Gasteiger partial charge on any atom is 0.191 e. The molecule has 0 amide bonds. The second kappa shape index (κ2) is 13.2. The first kappa shape index (κ1) is 26.7. The Morgan fingerprint density at radius 1 is 1.16 bits per heavy atom. The van der Waals surface area contributed by atoms with E-state index < -0.39 is 11.0 Å². The number of benzene rings is 2. The number of hydrogen-bond donors (Lipinski definition) is 1. The molecule has 2 rings (SSSR count). The predicted octanol–water partition coefficient (Wildman–Crippen LogP) is 6.57. The van der Waals surface area contributed by atoms with Crippen molar-refractivity contribution in [3.63, 3.8) is 0 Å². The summed E-state index contributed by atoms with van der Waals surface area (Å²) in [5.74, 6) is 0.844. The molecule has 31 heavy (non-hydrogen) atoms. The molecule has 0 spiro atoms. The van der Waals surface area contributed by atoms with Gasteiger partial charge in [0.15, 0.2) is 5.90 Å². The van der Waals surface area contributed by atoms with Crippen LogP contribution in [0.1, 0.15) is 57.7 Å². The number of aryl methyl sites for hydroxylation is 2. The van der Waals surface area contributed by atoms with Gasteiger partial charge >= 0.3 is 0 Å². The van der Waals surface area contributed by atoms with Crippen LogP contribution in [0, 0.1) is 26.6 Å². The average molecular weight is 447 g/mol. The highest BCUT2D eigenvalue weighted by Gasteiger charge is 2.14. The molecule has 4 nitrogen and oxygen atoms in total. The number of ether oxygens (including phenoxy) is 1. The molecule has 2 atom stereocenters. The van der Waals surface area contributed by atoms with Crippen molar-refractivity contribution in [3.05, 3.63) is 70.7 Å². The minimum Gasteiger partial charge on any atom is -0.443 e. The lowest BCUT2D eigenvalue weighted by atomic mass is 10.1. The smallest absolute Gasteiger partial charge is 0.191 e. The SMILES string of the molecule is CC(=N/C=C(\C)C(C)NS(=O)c1cc(F)cc(C)c1C)Oc1ccc(C)cc1.CCC. The van der Waals surface area contributed by atoms with E-state index in [0.717, 1.165) is 28.0 Å². The largest absolute Gasteiger partial charge is 0.443 e. The number of rotatable bonds is 6. The first-order valence-corrected chi connectivity index (χ1v) is 11.6. The Balaban J connectivity index is 0.00000151. The summed E-state index contributed by atoms with van der Waals surface area (Å²) in [6, 6.07) is 10.3. The Labute approximate surface area is 189 Å². The van der Waals surface area contributed by atoms with Crippen LogP contribution in [-0.4, -0.2) is 16.1 Å². The van der Waals surface area contributed by atoms with E-state index in [0.29, 0.717) is 10.8 Å². The Bertz CT molecular complexity index is 937. The van der Waals surface area contributed by atoms with Crippen LogP contribution in [0.15, 0.2) is 58.1 Å². The summed E-state index contributed by atoms with van der Waals surface area (Å²) < 4.78 is 35.0. The fraction of sp³-hybridized carbons (Fsp3) is 0.400. The molecule has 0 bridgehead atoms. The third kappa shape index (κ3) is 9.15. The Morgan fingerprint density at radius 2 is 1.74 bits per heavy atom. The van der Waals surface area contributed by atoms with Crippen LogP contribution in [0.5, 0.6) is 5.75 Å². The molecule has 0 aliphatic carbocycles. The first-order valence-electron chi connectivity index (χ1n) is 10.5. The summed E-state index contributed by atoms with van der Waals surface area (Å²) in [5, 5.41) is 0. The van der Waals surface area contributed by atoms with Crippen LogP contribution in [0.2, 0.25) is 0 Å². The molecular weight excluding hydrogens is 411 g/mol. The van der Waals surface area contributed by atoms with Crippen molar-refractivity contribution in [2.45, 2.75) is 72.7 Å². The highest BCUT2D eigenvalue weighted by atomic mass is 32.2. The first-order chi connectivity index (χ1) is 14.6. The number of nitrogens with zero attached hydrogens (tertiary/aromatic N) is 1. The van der Waals surface area contributed by atoms with Gasteiger partial charge in [0.2, 0.25) is 0 Å².